The van der Waals surface area contributed by atoms with Gasteiger partial charge in [0.25, 0.3) is 0 Å². The SMILES string of the molecule is O=C(O)CCC(Cc1ccc2ccccc2c1)OC(=O)c1ccc2ccccc2c1. The van der Waals surface area contributed by atoms with Gasteiger partial charge in [0.05, 0.1) is 5.56 Å². The molecule has 4 rings (SSSR count). The third kappa shape index (κ3) is 4.66. The maximum Gasteiger partial charge on any atom is 0.338 e. The highest BCUT2D eigenvalue weighted by molar-refractivity contribution is 5.95. The first-order valence-electron chi connectivity index (χ1n) is 9.98. The van der Waals surface area contributed by atoms with Crippen molar-refractivity contribution < 1.29 is 19.4 Å². The van der Waals surface area contributed by atoms with Gasteiger partial charge in [-0.25, -0.2) is 4.79 Å². The van der Waals surface area contributed by atoms with Gasteiger partial charge in [-0.1, -0.05) is 72.8 Å². The Morgan fingerprint density at radius 1 is 0.767 bits per heavy atom. The maximum atomic E-state index is 12.8. The van der Waals surface area contributed by atoms with Crippen LogP contribution in [0.15, 0.2) is 84.9 Å². The van der Waals surface area contributed by atoms with Crippen LogP contribution < -0.4 is 0 Å². The van der Waals surface area contributed by atoms with Crippen molar-refractivity contribution in [1.29, 1.82) is 0 Å². The number of rotatable bonds is 7. The topological polar surface area (TPSA) is 63.6 Å². The lowest BCUT2D eigenvalue weighted by Gasteiger charge is -2.18. The Kier molecular flexibility index (Phi) is 5.75. The normalized spacial score (nSPS) is 12.0. The average Bonchev–Trinajstić information content (AvgIpc) is 2.77. The molecule has 4 nitrogen and oxygen atoms in total. The summed E-state index contributed by atoms with van der Waals surface area (Å²) in [5, 5.41) is 13.3. The van der Waals surface area contributed by atoms with Crippen molar-refractivity contribution in [2.24, 2.45) is 0 Å². The van der Waals surface area contributed by atoms with E-state index in [4.69, 9.17) is 9.84 Å². The van der Waals surface area contributed by atoms with E-state index in [0.29, 0.717) is 12.0 Å². The third-order valence-corrected chi connectivity index (χ3v) is 5.22. The van der Waals surface area contributed by atoms with Gasteiger partial charge in [-0.15, -0.1) is 0 Å². The minimum absolute atomic E-state index is 0.0523. The number of ether oxygens (including phenoxy) is 1. The van der Waals surface area contributed by atoms with Crippen LogP contribution in [0, 0.1) is 0 Å². The highest BCUT2D eigenvalue weighted by atomic mass is 16.5. The minimum Gasteiger partial charge on any atom is -0.481 e. The van der Waals surface area contributed by atoms with Crippen molar-refractivity contribution in [3.63, 3.8) is 0 Å². The zero-order chi connectivity index (χ0) is 20.9. The summed E-state index contributed by atoms with van der Waals surface area (Å²) in [6.07, 6.45) is 0.170. The molecule has 1 atom stereocenters. The summed E-state index contributed by atoms with van der Waals surface area (Å²) in [4.78, 5) is 23.9. The molecule has 4 aromatic carbocycles. The Morgan fingerprint density at radius 2 is 1.37 bits per heavy atom. The molecular formula is C26H22O4. The molecule has 0 aromatic heterocycles. The molecule has 1 N–H and O–H groups in total. The van der Waals surface area contributed by atoms with Gasteiger partial charge in [-0.05, 0) is 45.7 Å². The summed E-state index contributed by atoms with van der Waals surface area (Å²) in [7, 11) is 0. The lowest BCUT2D eigenvalue weighted by Crippen LogP contribution is -2.22. The fourth-order valence-electron chi connectivity index (χ4n) is 3.65. The van der Waals surface area contributed by atoms with Crippen LogP contribution in [0.25, 0.3) is 21.5 Å². The molecule has 0 bridgehead atoms. The molecule has 0 saturated carbocycles. The van der Waals surface area contributed by atoms with Crippen molar-refractivity contribution >= 4 is 33.5 Å². The molecule has 0 spiro atoms. The van der Waals surface area contributed by atoms with E-state index < -0.39 is 18.0 Å². The molecule has 0 saturated heterocycles. The fourth-order valence-corrected chi connectivity index (χ4v) is 3.65. The molecule has 0 aliphatic heterocycles. The average molecular weight is 398 g/mol. The lowest BCUT2D eigenvalue weighted by atomic mass is 10.0. The number of carbonyl (C=O) groups is 2. The van der Waals surface area contributed by atoms with Crippen molar-refractivity contribution in [1.82, 2.24) is 0 Å². The van der Waals surface area contributed by atoms with Gasteiger partial charge < -0.3 is 9.84 Å². The minimum atomic E-state index is -0.903. The third-order valence-electron chi connectivity index (χ3n) is 5.22. The number of hydrogen-bond donors (Lipinski definition) is 1. The molecule has 0 aliphatic rings. The molecule has 30 heavy (non-hydrogen) atoms. The van der Waals surface area contributed by atoms with E-state index in [2.05, 4.69) is 6.07 Å². The van der Waals surface area contributed by atoms with Gasteiger partial charge in [0, 0.05) is 12.8 Å². The molecule has 0 radical (unpaired) electrons. The van der Waals surface area contributed by atoms with Crippen molar-refractivity contribution in [2.45, 2.75) is 25.4 Å². The predicted octanol–water partition coefficient (Wildman–Crippen LogP) is 5.63. The number of hydrogen-bond acceptors (Lipinski definition) is 3. The Bertz CT molecular complexity index is 1210. The highest BCUT2D eigenvalue weighted by Gasteiger charge is 2.18. The summed E-state index contributed by atoms with van der Waals surface area (Å²) in [6, 6.07) is 27.4. The van der Waals surface area contributed by atoms with Crippen LogP contribution in [0.5, 0.6) is 0 Å². The standard InChI is InChI=1S/C26H22O4/c27-25(28)14-13-24(16-18-9-10-19-5-1-3-7-21(19)15-18)30-26(29)23-12-11-20-6-2-4-8-22(20)17-23/h1-12,15,17,24H,13-14,16H2,(H,27,28). The van der Waals surface area contributed by atoms with Crippen LogP contribution in [-0.4, -0.2) is 23.1 Å². The van der Waals surface area contributed by atoms with Gasteiger partial charge in [0.2, 0.25) is 0 Å². The second kappa shape index (κ2) is 8.78. The van der Waals surface area contributed by atoms with E-state index in [9.17, 15) is 9.59 Å². The first kappa shape index (κ1) is 19.6. The summed E-state index contributed by atoms with van der Waals surface area (Å²) < 4.78 is 5.75. The first-order chi connectivity index (χ1) is 14.6. The largest absolute Gasteiger partial charge is 0.481 e. The molecule has 0 fully saturated rings. The van der Waals surface area contributed by atoms with Crippen LogP contribution >= 0.6 is 0 Å². The van der Waals surface area contributed by atoms with Crippen molar-refractivity contribution in [3.8, 4) is 0 Å². The first-order valence-corrected chi connectivity index (χ1v) is 9.98. The molecule has 1 unspecified atom stereocenters. The molecule has 4 aromatic rings. The van der Waals surface area contributed by atoms with E-state index in [0.717, 1.165) is 27.1 Å². The zero-order valence-electron chi connectivity index (χ0n) is 16.5. The highest BCUT2D eigenvalue weighted by Crippen LogP contribution is 2.21. The van der Waals surface area contributed by atoms with Gasteiger partial charge in [0.15, 0.2) is 0 Å². The number of fused-ring (bicyclic) bond motifs is 2. The van der Waals surface area contributed by atoms with Crippen LogP contribution in [0.4, 0.5) is 0 Å². The van der Waals surface area contributed by atoms with Gasteiger partial charge in [-0.3, -0.25) is 4.79 Å². The van der Waals surface area contributed by atoms with E-state index in [-0.39, 0.29) is 12.8 Å². The van der Waals surface area contributed by atoms with Crippen LogP contribution in [0.2, 0.25) is 0 Å². The van der Waals surface area contributed by atoms with Gasteiger partial charge in [-0.2, -0.15) is 0 Å². The van der Waals surface area contributed by atoms with Gasteiger partial charge in [0.1, 0.15) is 6.10 Å². The molecule has 0 aliphatic carbocycles. The molecule has 0 heterocycles. The van der Waals surface area contributed by atoms with Crippen LogP contribution in [0.1, 0.15) is 28.8 Å². The number of carboxylic acid groups (broad SMARTS) is 1. The Balaban J connectivity index is 1.54. The van der Waals surface area contributed by atoms with Crippen molar-refractivity contribution in [2.75, 3.05) is 0 Å². The Hall–Kier alpha value is -3.66. The number of aliphatic carboxylic acids is 1. The predicted molar refractivity (Wildman–Crippen MR) is 118 cm³/mol. The van der Waals surface area contributed by atoms with E-state index in [1.807, 2.05) is 72.8 Å². The molecular weight excluding hydrogens is 376 g/mol. The molecule has 150 valence electrons. The van der Waals surface area contributed by atoms with Crippen LogP contribution in [0.3, 0.4) is 0 Å². The maximum absolute atomic E-state index is 12.8. The number of benzene rings is 4. The van der Waals surface area contributed by atoms with Crippen LogP contribution in [-0.2, 0) is 16.0 Å². The number of carboxylic acids is 1. The number of esters is 1. The van der Waals surface area contributed by atoms with Gasteiger partial charge >= 0.3 is 11.9 Å². The monoisotopic (exact) mass is 398 g/mol. The summed E-state index contributed by atoms with van der Waals surface area (Å²) in [6.45, 7) is 0. The number of carbonyl (C=O) groups excluding carboxylic acids is 1. The smallest absolute Gasteiger partial charge is 0.338 e. The summed E-state index contributed by atoms with van der Waals surface area (Å²) in [5.41, 5.74) is 1.47. The molecule has 0 amide bonds. The Morgan fingerprint density at radius 3 is 2.03 bits per heavy atom. The quantitative estimate of drug-likeness (QED) is 0.410. The second-order valence-corrected chi connectivity index (χ2v) is 7.41. The summed E-state index contributed by atoms with van der Waals surface area (Å²) >= 11 is 0. The fraction of sp³-hybridized carbons (Fsp3) is 0.154. The zero-order valence-corrected chi connectivity index (χ0v) is 16.5. The van der Waals surface area contributed by atoms with E-state index >= 15 is 0 Å². The van der Waals surface area contributed by atoms with E-state index in [1.54, 1.807) is 6.07 Å². The van der Waals surface area contributed by atoms with Crippen molar-refractivity contribution in [3.05, 3.63) is 96.1 Å². The lowest BCUT2D eigenvalue weighted by molar-refractivity contribution is -0.137. The second-order valence-electron chi connectivity index (χ2n) is 7.41. The Labute approximate surface area is 174 Å². The van der Waals surface area contributed by atoms with E-state index in [1.165, 1.54) is 0 Å². The summed E-state index contributed by atoms with van der Waals surface area (Å²) in [5.74, 6) is -1.34. The molecule has 4 heteroatoms.